The van der Waals surface area contributed by atoms with Gasteiger partial charge < -0.3 is 4.42 Å². The summed E-state index contributed by atoms with van der Waals surface area (Å²) in [6.07, 6.45) is 8.29. The molecule has 0 unspecified atom stereocenters. The maximum absolute atomic E-state index is 5.18. The number of rotatable bonds is 1. The van der Waals surface area contributed by atoms with Crippen LogP contribution in [0.2, 0.25) is 0 Å². The molecule has 0 amide bonds. The summed E-state index contributed by atoms with van der Waals surface area (Å²) in [6.45, 7) is 0. The van der Waals surface area contributed by atoms with Crippen molar-refractivity contribution in [2.24, 2.45) is 5.41 Å². The second-order valence-corrected chi connectivity index (χ2v) is 4.24. The summed E-state index contributed by atoms with van der Waals surface area (Å²) in [7, 11) is 0. The van der Waals surface area contributed by atoms with Gasteiger partial charge >= 0.3 is 0 Å². The molecule has 0 bridgehead atoms. The van der Waals surface area contributed by atoms with Gasteiger partial charge in [-0.15, -0.1) is 10.2 Å². The first-order chi connectivity index (χ1) is 5.88. The SMILES string of the molecule is c1nnc(C2CC3(CCC3)C2)o1. The molecule has 64 valence electrons. The van der Waals surface area contributed by atoms with Gasteiger partial charge in [0.1, 0.15) is 0 Å². The Morgan fingerprint density at radius 3 is 2.75 bits per heavy atom. The smallest absolute Gasteiger partial charge is 0.219 e. The molecule has 2 aliphatic rings. The highest BCUT2D eigenvalue weighted by Crippen LogP contribution is 2.61. The number of hydrogen-bond donors (Lipinski definition) is 0. The molecule has 3 rings (SSSR count). The minimum absolute atomic E-state index is 0.577. The van der Waals surface area contributed by atoms with E-state index in [2.05, 4.69) is 10.2 Å². The Morgan fingerprint density at radius 1 is 1.42 bits per heavy atom. The molecule has 1 heterocycles. The summed E-state index contributed by atoms with van der Waals surface area (Å²) in [6, 6.07) is 0. The first kappa shape index (κ1) is 6.63. The maximum atomic E-state index is 5.18. The standard InChI is InChI=1S/C9H12N2O/c1-2-9(3-1)4-7(5-9)8-11-10-6-12-8/h6-7H,1-5H2. The third kappa shape index (κ3) is 0.765. The Kier molecular flexibility index (Phi) is 1.15. The van der Waals surface area contributed by atoms with E-state index in [1.54, 1.807) is 0 Å². The Bertz CT molecular complexity index is 269. The quantitative estimate of drug-likeness (QED) is 0.638. The second-order valence-electron chi connectivity index (χ2n) is 4.24. The molecule has 0 radical (unpaired) electrons. The van der Waals surface area contributed by atoms with Crippen LogP contribution in [0.1, 0.15) is 43.9 Å². The van der Waals surface area contributed by atoms with Crippen LogP contribution in [-0.2, 0) is 0 Å². The molecular formula is C9H12N2O. The van der Waals surface area contributed by atoms with Gasteiger partial charge in [-0.25, -0.2) is 0 Å². The van der Waals surface area contributed by atoms with Crippen molar-refractivity contribution in [2.45, 2.75) is 38.0 Å². The van der Waals surface area contributed by atoms with Crippen molar-refractivity contribution < 1.29 is 4.42 Å². The Hall–Kier alpha value is -0.860. The third-order valence-corrected chi connectivity index (χ3v) is 3.50. The van der Waals surface area contributed by atoms with Gasteiger partial charge in [-0.2, -0.15) is 0 Å². The van der Waals surface area contributed by atoms with Crippen LogP contribution >= 0.6 is 0 Å². The van der Waals surface area contributed by atoms with E-state index in [4.69, 9.17) is 4.42 Å². The van der Waals surface area contributed by atoms with Gasteiger partial charge in [-0.1, -0.05) is 6.42 Å². The van der Waals surface area contributed by atoms with Crippen molar-refractivity contribution in [3.63, 3.8) is 0 Å². The molecule has 0 atom stereocenters. The fourth-order valence-corrected chi connectivity index (χ4v) is 2.60. The van der Waals surface area contributed by atoms with Gasteiger partial charge in [0.25, 0.3) is 0 Å². The Labute approximate surface area is 71.2 Å². The van der Waals surface area contributed by atoms with Crippen LogP contribution in [0.25, 0.3) is 0 Å². The van der Waals surface area contributed by atoms with Gasteiger partial charge in [-0.3, -0.25) is 0 Å². The molecule has 1 spiro atoms. The first-order valence-electron chi connectivity index (χ1n) is 4.64. The van der Waals surface area contributed by atoms with E-state index in [0.29, 0.717) is 11.3 Å². The number of nitrogens with zero attached hydrogens (tertiary/aromatic N) is 2. The molecule has 3 heteroatoms. The van der Waals surface area contributed by atoms with Crippen molar-refractivity contribution in [1.82, 2.24) is 10.2 Å². The highest BCUT2D eigenvalue weighted by molar-refractivity contribution is 5.08. The van der Waals surface area contributed by atoms with Gasteiger partial charge in [0.2, 0.25) is 12.3 Å². The van der Waals surface area contributed by atoms with E-state index in [9.17, 15) is 0 Å². The van der Waals surface area contributed by atoms with Crippen LogP contribution < -0.4 is 0 Å². The molecular weight excluding hydrogens is 152 g/mol. The lowest BCUT2D eigenvalue weighted by atomic mass is 9.52. The lowest BCUT2D eigenvalue weighted by Crippen LogP contribution is -2.41. The van der Waals surface area contributed by atoms with Gasteiger partial charge in [-0.05, 0) is 31.1 Å². The summed E-state index contributed by atoms with van der Waals surface area (Å²) in [5, 5.41) is 7.65. The van der Waals surface area contributed by atoms with Crippen molar-refractivity contribution >= 4 is 0 Å². The van der Waals surface area contributed by atoms with Crippen molar-refractivity contribution in [3.8, 4) is 0 Å². The fourth-order valence-electron chi connectivity index (χ4n) is 2.60. The average molecular weight is 164 g/mol. The molecule has 3 nitrogen and oxygen atoms in total. The van der Waals surface area contributed by atoms with Crippen LogP contribution in [-0.4, -0.2) is 10.2 Å². The summed E-state index contributed by atoms with van der Waals surface area (Å²) in [5.74, 6) is 1.43. The molecule has 0 saturated heterocycles. The Balaban J connectivity index is 1.69. The van der Waals surface area contributed by atoms with Crippen molar-refractivity contribution in [2.75, 3.05) is 0 Å². The van der Waals surface area contributed by atoms with Crippen LogP contribution in [0.5, 0.6) is 0 Å². The second kappa shape index (κ2) is 2.09. The maximum Gasteiger partial charge on any atom is 0.219 e. The highest BCUT2D eigenvalue weighted by atomic mass is 16.4. The monoisotopic (exact) mass is 164 g/mol. The molecule has 0 aliphatic heterocycles. The molecule has 2 aliphatic carbocycles. The number of hydrogen-bond acceptors (Lipinski definition) is 3. The Morgan fingerprint density at radius 2 is 2.25 bits per heavy atom. The zero-order chi connectivity index (χ0) is 8.02. The topological polar surface area (TPSA) is 38.9 Å². The van der Waals surface area contributed by atoms with E-state index in [1.807, 2.05) is 0 Å². The molecule has 2 fully saturated rings. The summed E-state index contributed by atoms with van der Waals surface area (Å²) in [4.78, 5) is 0. The van der Waals surface area contributed by atoms with E-state index < -0.39 is 0 Å². The van der Waals surface area contributed by atoms with Gasteiger partial charge in [0, 0.05) is 5.92 Å². The molecule has 2 saturated carbocycles. The predicted molar refractivity (Wildman–Crippen MR) is 42.6 cm³/mol. The zero-order valence-corrected chi connectivity index (χ0v) is 6.99. The van der Waals surface area contributed by atoms with Crippen LogP contribution in [0.4, 0.5) is 0 Å². The van der Waals surface area contributed by atoms with Gasteiger partial charge in [0.05, 0.1) is 0 Å². The van der Waals surface area contributed by atoms with E-state index in [0.717, 1.165) is 5.89 Å². The van der Waals surface area contributed by atoms with E-state index in [-0.39, 0.29) is 0 Å². The largest absolute Gasteiger partial charge is 0.428 e. The predicted octanol–water partition coefficient (Wildman–Crippen LogP) is 2.12. The normalized spacial score (nSPS) is 26.7. The van der Waals surface area contributed by atoms with Crippen LogP contribution in [0.15, 0.2) is 10.8 Å². The van der Waals surface area contributed by atoms with Crippen molar-refractivity contribution in [3.05, 3.63) is 12.3 Å². The molecule has 1 aromatic heterocycles. The first-order valence-corrected chi connectivity index (χ1v) is 4.64. The molecule has 0 aromatic carbocycles. The molecule has 1 aromatic rings. The molecule has 0 N–H and O–H groups in total. The third-order valence-electron chi connectivity index (χ3n) is 3.50. The number of aromatic nitrogens is 2. The zero-order valence-electron chi connectivity index (χ0n) is 6.99. The van der Waals surface area contributed by atoms with E-state index in [1.165, 1.54) is 38.5 Å². The average Bonchev–Trinajstić information content (AvgIpc) is 2.32. The van der Waals surface area contributed by atoms with E-state index >= 15 is 0 Å². The lowest BCUT2D eigenvalue weighted by Gasteiger charge is -2.53. The van der Waals surface area contributed by atoms with Crippen LogP contribution in [0, 0.1) is 5.41 Å². The van der Waals surface area contributed by atoms with Crippen molar-refractivity contribution in [1.29, 1.82) is 0 Å². The molecule has 12 heavy (non-hydrogen) atoms. The summed E-state index contributed by atoms with van der Waals surface area (Å²) in [5.41, 5.74) is 0.707. The lowest BCUT2D eigenvalue weighted by molar-refractivity contribution is 0.0000568. The van der Waals surface area contributed by atoms with Gasteiger partial charge in [0.15, 0.2) is 0 Å². The minimum atomic E-state index is 0.577. The van der Waals surface area contributed by atoms with Crippen LogP contribution in [0.3, 0.4) is 0 Å². The fraction of sp³-hybridized carbons (Fsp3) is 0.778. The minimum Gasteiger partial charge on any atom is -0.428 e. The highest BCUT2D eigenvalue weighted by Gasteiger charge is 2.50. The summed E-state index contributed by atoms with van der Waals surface area (Å²) >= 11 is 0. The summed E-state index contributed by atoms with van der Waals surface area (Å²) < 4.78 is 5.18.